The molecule has 2 saturated heterocycles. The van der Waals surface area contributed by atoms with Crippen LogP contribution in [0.15, 0.2) is 84.7 Å². The van der Waals surface area contributed by atoms with Crippen LogP contribution in [0.4, 0.5) is 11.4 Å². The Kier molecular flexibility index (Phi) is 12.4. The van der Waals surface area contributed by atoms with E-state index in [0.717, 1.165) is 91.0 Å². The Hall–Kier alpha value is -4.44. The van der Waals surface area contributed by atoms with E-state index in [1.165, 1.54) is 18.4 Å². The average Bonchev–Trinajstić information content (AvgIpc) is 3.83. The molecule has 4 aromatic rings. The van der Waals surface area contributed by atoms with E-state index in [0.29, 0.717) is 32.2 Å². The van der Waals surface area contributed by atoms with Gasteiger partial charge in [-0.05, 0) is 99.2 Å². The summed E-state index contributed by atoms with van der Waals surface area (Å²) in [7, 11) is 4.19. The van der Waals surface area contributed by atoms with E-state index in [1.54, 1.807) is 0 Å². The molecule has 9 heteroatoms. The summed E-state index contributed by atoms with van der Waals surface area (Å²) in [5.41, 5.74) is 6.94. The molecule has 0 saturated carbocycles. The van der Waals surface area contributed by atoms with Gasteiger partial charge in [-0.3, -0.25) is 9.69 Å². The van der Waals surface area contributed by atoms with Crippen molar-refractivity contribution in [2.45, 2.75) is 58.2 Å². The SMILES string of the molecule is C1CCOC1.CCOc1ccccc1-c1ccc2c(c1)C=C(C(=O)Nc1ccc(CN(C)C3CCOCC3)cc1)CCN2Cc1nccn1C. The van der Waals surface area contributed by atoms with Crippen molar-refractivity contribution in [3.8, 4) is 16.9 Å². The third-order valence-corrected chi connectivity index (χ3v) is 9.68. The number of fused-ring (bicyclic) bond motifs is 1. The van der Waals surface area contributed by atoms with Crippen molar-refractivity contribution in [3.05, 3.63) is 102 Å². The summed E-state index contributed by atoms with van der Waals surface area (Å²) in [5.74, 6) is 1.75. The van der Waals surface area contributed by atoms with Crippen LogP contribution < -0.4 is 15.0 Å². The van der Waals surface area contributed by atoms with Crippen LogP contribution in [0.2, 0.25) is 0 Å². The third kappa shape index (κ3) is 9.21. The number of para-hydroxylation sites is 1. The Labute approximate surface area is 296 Å². The van der Waals surface area contributed by atoms with Gasteiger partial charge in [0.25, 0.3) is 5.91 Å². The van der Waals surface area contributed by atoms with Crippen LogP contribution in [0, 0.1) is 0 Å². The second-order valence-electron chi connectivity index (χ2n) is 13.2. The first-order chi connectivity index (χ1) is 24.5. The Bertz CT molecular complexity index is 1720. The number of imidazole rings is 1. The van der Waals surface area contributed by atoms with E-state index in [2.05, 4.69) is 63.5 Å². The van der Waals surface area contributed by atoms with Crippen LogP contribution in [0.1, 0.15) is 56.0 Å². The molecular weight excluding hydrogens is 626 g/mol. The fourth-order valence-corrected chi connectivity index (χ4v) is 6.77. The Morgan fingerprint density at radius 1 is 1.00 bits per heavy atom. The van der Waals surface area contributed by atoms with E-state index >= 15 is 0 Å². The number of carbonyl (C=O) groups is 1. The first-order valence-electron chi connectivity index (χ1n) is 18.0. The molecular formula is C41H51N5O4. The maximum Gasteiger partial charge on any atom is 0.251 e. The number of aryl methyl sites for hydroxylation is 1. The molecule has 3 aromatic carbocycles. The van der Waals surface area contributed by atoms with Crippen molar-refractivity contribution < 1.29 is 19.0 Å². The largest absolute Gasteiger partial charge is 0.493 e. The molecule has 0 radical (unpaired) electrons. The molecule has 1 N–H and O–H groups in total. The first kappa shape index (κ1) is 35.4. The molecule has 0 unspecified atom stereocenters. The average molecular weight is 678 g/mol. The van der Waals surface area contributed by atoms with Crippen molar-refractivity contribution in [2.24, 2.45) is 7.05 Å². The summed E-state index contributed by atoms with van der Waals surface area (Å²) in [6.07, 6.45) is 11.2. The van der Waals surface area contributed by atoms with E-state index in [9.17, 15) is 4.79 Å². The highest BCUT2D eigenvalue weighted by atomic mass is 16.5. The number of ether oxygens (including phenoxy) is 3. The molecule has 0 atom stereocenters. The number of carbonyl (C=O) groups excluding carboxylic acids is 1. The fourth-order valence-electron chi connectivity index (χ4n) is 6.77. The molecule has 1 aromatic heterocycles. The lowest BCUT2D eigenvalue weighted by Gasteiger charge is -2.31. The summed E-state index contributed by atoms with van der Waals surface area (Å²) in [4.78, 5) is 23.0. The molecule has 3 aliphatic rings. The molecule has 1 amide bonds. The van der Waals surface area contributed by atoms with Gasteiger partial charge in [0.1, 0.15) is 11.6 Å². The Balaban J connectivity index is 0.000000794. The second kappa shape index (κ2) is 17.5. The lowest BCUT2D eigenvalue weighted by molar-refractivity contribution is -0.112. The predicted octanol–water partition coefficient (Wildman–Crippen LogP) is 7.33. The lowest BCUT2D eigenvalue weighted by atomic mass is 9.99. The standard InChI is InChI=1S/C37H43N5O3.C4H8O/c1-4-45-35-8-6-5-7-33(35)28-11-14-34-30(23-28)24-29(15-19-42(34)26-36-38-18-20-40(36)2)37(43)39-31-12-9-27(10-13-31)25-41(3)32-16-21-44-22-17-32;1-2-4-5-3-1/h5-14,18,20,23-24,32H,4,15-17,19,21-22,25-26H2,1-3H3,(H,39,43);1-4H2. The number of rotatable bonds is 10. The van der Waals surface area contributed by atoms with Gasteiger partial charge in [0.05, 0.1) is 13.2 Å². The van der Waals surface area contributed by atoms with E-state index < -0.39 is 0 Å². The minimum atomic E-state index is -0.0769. The number of benzene rings is 3. The predicted molar refractivity (Wildman–Crippen MR) is 200 cm³/mol. The summed E-state index contributed by atoms with van der Waals surface area (Å²) in [5, 5.41) is 3.16. The molecule has 7 rings (SSSR count). The van der Waals surface area contributed by atoms with Gasteiger partial charge < -0.3 is 29.0 Å². The van der Waals surface area contributed by atoms with Gasteiger partial charge in [-0.1, -0.05) is 36.4 Å². The van der Waals surface area contributed by atoms with Crippen LogP contribution >= 0.6 is 0 Å². The zero-order valence-electron chi connectivity index (χ0n) is 29.8. The van der Waals surface area contributed by atoms with Gasteiger partial charge in [0, 0.05) is 87.5 Å². The zero-order valence-corrected chi connectivity index (χ0v) is 29.8. The summed E-state index contributed by atoms with van der Waals surface area (Å²) in [6, 6.07) is 23.3. The van der Waals surface area contributed by atoms with Crippen molar-refractivity contribution in [1.29, 1.82) is 0 Å². The summed E-state index contributed by atoms with van der Waals surface area (Å²) in [6.45, 7) is 8.49. The van der Waals surface area contributed by atoms with Gasteiger partial charge in [0.15, 0.2) is 0 Å². The first-order valence-corrected chi connectivity index (χ1v) is 18.0. The highest BCUT2D eigenvalue weighted by Gasteiger charge is 2.22. The number of amides is 1. The molecule has 264 valence electrons. The number of hydrogen-bond donors (Lipinski definition) is 1. The summed E-state index contributed by atoms with van der Waals surface area (Å²) < 4.78 is 18.5. The molecule has 4 heterocycles. The monoisotopic (exact) mass is 677 g/mol. The van der Waals surface area contributed by atoms with Crippen molar-refractivity contribution >= 4 is 23.4 Å². The van der Waals surface area contributed by atoms with Gasteiger partial charge in [-0.25, -0.2) is 4.98 Å². The lowest BCUT2D eigenvalue weighted by Crippen LogP contribution is -2.36. The molecule has 50 heavy (non-hydrogen) atoms. The van der Waals surface area contributed by atoms with Crippen LogP contribution in [0.25, 0.3) is 17.2 Å². The maximum absolute atomic E-state index is 13.7. The number of aromatic nitrogens is 2. The van der Waals surface area contributed by atoms with Crippen LogP contribution in [0.3, 0.4) is 0 Å². The minimum Gasteiger partial charge on any atom is -0.493 e. The quantitative estimate of drug-likeness (QED) is 0.188. The molecule has 0 bridgehead atoms. The third-order valence-electron chi connectivity index (χ3n) is 9.68. The van der Waals surface area contributed by atoms with Crippen molar-refractivity contribution in [3.63, 3.8) is 0 Å². The van der Waals surface area contributed by atoms with E-state index in [1.807, 2.05) is 67.3 Å². The fraction of sp³-hybridized carbons (Fsp3) is 0.415. The number of nitrogens with one attached hydrogen (secondary N) is 1. The molecule has 0 spiro atoms. The number of hydrogen-bond acceptors (Lipinski definition) is 7. The zero-order chi connectivity index (χ0) is 34.7. The van der Waals surface area contributed by atoms with Crippen molar-refractivity contribution in [1.82, 2.24) is 14.5 Å². The Morgan fingerprint density at radius 2 is 1.76 bits per heavy atom. The van der Waals surface area contributed by atoms with E-state index in [4.69, 9.17) is 14.2 Å². The van der Waals surface area contributed by atoms with Crippen LogP contribution in [0.5, 0.6) is 5.75 Å². The normalized spacial score (nSPS) is 16.2. The van der Waals surface area contributed by atoms with Crippen LogP contribution in [-0.4, -0.2) is 73.0 Å². The second-order valence-corrected chi connectivity index (χ2v) is 13.2. The van der Waals surface area contributed by atoms with Crippen molar-refractivity contribution in [2.75, 3.05) is 56.8 Å². The maximum atomic E-state index is 13.7. The number of nitrogens with zero attached hydrogens (tertiary/aromatic N) is 4. The highest BCUT2D eigenvalue weighted by molar-refractivity contribution is 6.07. The Morgan fingerprint density at radius 3 is 2.46 bits per heavy atom. The van der Waals surface area contributed by atoms with Gasteiger partial charge in [0.2, 0.25) is 0 Å². The number of anilines is 2. The van der Waals surface area contributed by atoms with Gasteiger partial charge in [-0.2, -0.15) is 0 Å². The highest BCUT2D eigenvalue weighted by Crippen LogP contribution is 2.36. The minimum absolute atomic E-state index is 0.0769. The van der Waals surface area contributed by atoms with Gasteiger partial charge in [-0.15, -0.1) is 0 Å². The van der Waals surface area contributed by atoms with E-state index in [-0.39, 0.29) is 5.91 Å². The molecule has 3 aliphatic heterocycles. The molecule has 0 aliphatic carbocycles. The smallest absolute Gasteiger partial charge is 0.251 e. The summed E-state index contributed by atoms with van der Waals surface area (Å²) >= 11 is 0. The van der Waals surface area contributed by atoms with Crippen LogP contribution in [-0.2, 0) is 34.4 Å². The molecule has 9 nitrogen and oxygen atoms in total. The van der Waals surface area contributed by atoms with Gasteiger partial charge >= 0.3 is 0 Å². The topological polar surface area (TPSA) is 81.1 Å². The molecule has 2 fully saturated rings.